The molecule has 1 atom stereocenters. The number of aromatic hydroxyl groups is 1. The summed E-state index contributed by atoms with van der Waals surface area (Å²) in [5.74, 6) is -1.08. The number of nitrogens with one attached hydrogen (secondary N) is 2. The van der Waals surface area contributed by atoms with Gasteiger partial charge in [-0.1, -0.05) is 6.07 Å². The van der Waals surface area contributed by atoms with E-state index in [-0.39, 0.29) is 24.1 Å². The molecule has 1 aromatic carbocycles. The van der Waals surface area contributed by atoms with E-state index in [1.54, 1.807) is 6.07 Å². The average Bonchev–Trinajstić information content (AvgIpc) is 3.11. The normalized spacial score (nSPS) is 16.4. The van der Waals surface area contributed by atoms with E-state index in [1.807, 2.05) is 0 Å². The van der Waals surface area contributed by atoms with Crippen molar-refractivity contribution in [1.82, 2.24) is 10.3 Å². The van der Waals surface area contributed by atoms with Crippen molar-refractivity contribution < 1.29 is 20.1 Å². The molecule has 2 aromatic rings. The Hall–Kier alpha value is -2.05. The summed E-state index contributed by atoms with van der Waals surface area (Å²) in [5, 5.41) is 32.4. The molecule has 106 valence electrons. The van der Waals surface area contributed by atoms with E-state index in [4.69, 9.17) is 5.11 Å². The van der Waals surface area contributed by atoms with Crippen LogP contribution >= 0.6 is 0 Å². The zero-order valence-electron chi connectivity index (χ0n) is 10.8. The molecule has 0 bridgehead atoms. The summed E-state index contributed by atoms with van der Waals surface area (Å²) >= 11 is 0. The molecule has 1 aliphatic rings. The van der Waals surface area contributed by atoms with E-state index in [0.717, 1.165) is 18.4 Å². The summed E-state index contributed by atoms with van der Waals surface area (Å²) < 4.78 is 0. The second-order valence-corrected chi connectivity index (χ2v) is 5.13. The fourth-order valence-corrected chi connectivity index (χ4v) is 2.42. The Kier molecular flexibility index (Phi) is 3.11. The van der Waals surface area contributed by atoms with Gasteiger partial charge in [0.2, 0.25) is 0 Å². The number of aromatic nitrogens is 1. The van der Waals surface area contributed by atoms with Gasteiger partial charge in [-0.2, -0.15) is 0 Å². The molecule has 0 spiro atoms. The van der Waals surface area contributed by atoms with E-state index in [0.29, 0.717) is 16.9 Å². The van der Waals surface area contributed by atoms with E-state index in [1.165, 1.54) is 12.1 Å². The number of aromatic amines is 1. The zero-order chi connectivity index (χ0) is 14.3. The molecule has 5 N–H and O–H groups in total. The average molecular weight is 276 g/mol. The number of carboxylic acid groups (broad SMARTS) is 1. The largest absolute Gasteiger partial charge is 0.506 e. The number of hydrogen-bond donors (Lipinski definition) is 5. The number of fused-ring (bicyclic) bond motifs is 1. The van der Waals surface area contributed by atoms with Crippen molar-refractivity contribution in [2.75, 3.05) is 6.61 Å². The standard InChI is InChI=1S/C14H16N2O4/c17-6-11(15-7-1-2-7)8-3-4-12(18)13-9(8)5-10(16-13)14(19)20/h3-5,7,11,15-18H,1-2,6H2,(H,19,20). The quantitative estimate of drug-likeness (QED) is 0.567. The number of H-pyrrole nitrogens is 1. The van der Waals surface area contributed by atoms with Gasteiger partial charge in [0.05, 0.1) is 18.2 Å². The molecule has 1 heterocycles. The minimum absolute atomic E-state index is 0.000591. The predicted molar refractivity (Wildman–Crippen MR) is 72.9 cm³/mol. The van der Waals surface area contributed by atoms with Gasteiger partial charge >= 0.3 is 5.97 Å². The van der Waals surface area contributed by atoms with Gasteiger partial charge in [0.25, 0.3) is 0 Å². The van der Waals surface area contributed by atoms with Crippen LogP contribution in [0.5, 0.6) is 5.75 Å². The number of aromatic carboxylic acids is 1. The second-order valence-electron chi connectivity index (χ2n) is 5.13. The van der Waals surface area contributed by atoms with Gasteiger partial charge in [0.15, 0.2) is 0 Å². The Balaban J connectivity index is 2.08. The Morgan fingerprint density at radius 3 is 2.80 bits per heavy atom. The summed E-state index contributed by atoms with van der Waals surface area (Å²) in [6, 6.07) is 4.87. The number of benzene rings is 1. The van der Waals surface area contributed by atoms with Gasteiger partial charge < -0.3 is 25.6 Å². The van der Waals surface area contributed by atoms with Gasteiger partial charge in [-0.25, -0.2) is 4.79 Å². The van der Waals surface area contributed by atoms with Crippen LogP contribution < -0.4 is 5.32 Å². The Morgan fingerprint density at radius 2 is 2.20 bits per heavy atom. The van der Waals surface area contributed by atoms with Gasteiger partial charge in [0.1, 0.15) is 11.4 Å². The van der Waals surface area contributed by atoms with E-state index in [9.17, 15) is 15.0 Å². The van der Waals surface area contributed by atoms with Crippen LogP contribution in [-0.2, 0) is 0 Å². The number of phenols is 1. The molecule has 6 heteroatoms. The first-order chi connectivity index (χ1) is 9.60. The minimum atomic E-state index is -1.08. The summed E-state index contributed by atoms with van der Waals surface area (Å²) in [4.78, 5) is 13.7. The first-order valence-electron chi connectivity index (χ1n) is 6.55. The van der Waals surface area contributed by atoms with Crippen LogP contribution in [0.2, 0.25) is 0 Å². The van der Waals surface area contributed by atoms with Crippen molar-refractivity contribution in [2.24, 2.45) is 0 Å². The molecule has 1 aliphatic carbocycles. The first-order valence-corrected chi connectivity index (χ1v) is 6.55. The molecular formula is C14H16N2O4. The van der Waals surface area contributed by atoms with Crippen molar-refractivity contribution in [1.29, 1.82) is 0 Å². The number of aliphatic hydroxyl groups excluding tert-OH is 1. The van der Waals surface area contributed by atoms with Crippen LogP contribution in [-0.4, -0.2) is 38.9 Å². The molecule has 1 unspecified atom stereocenters. The monoisotopic (exact) mass is 276 g/mol. The van der Waals surface area contributed by atoms with Crippen LogP contribution in [0.4, 0.5) is 0 Å². The maximum atomic E-state index is 11.0. The fraction of sp³-hybridized carbons (Fsp3) is 0.357. The highest BCUT2D eigenvalue weighted by molar-refractivity contribution is 5.97. The number of aliphatic hydroxyl groups is 1. The fourth-order valence-electron chi connectivity index (χ4n) is 2.42. The molecule has 20 heavy (non-hydrogen) atoms. The molecule has 0 aliphatic heterocycles. The Labute approximate surface area is 115 Å². The maximum Gasteiger partial charge on any atom is 0.352 e. The molecule has 1 fully saturated rings. The number of rotatable bonds is 5. The lowest BCUT2D eigenvalue weighted by molar-refractivity contribution is 0.0691. The highest BCUT2D eigenvalue weighted by atomic mass is 16.4. The zero-order valence-corrected chi connectivity index (χ0v) is 10.8. The summed E-state index contributed by atoms with van der Waals surface area (Å²) in [6.45, 7) is -0.0794. The molecule has 3 rings (SSSR count). The lowest BCUT2D eigenvalue weighted by Crippen LogP contribution is -2.26. The number of carboxylic acids is 1. The van der Waals surface area contributed by atoms with Crippen LogP contribution in [0.25, 0.3) is 10.9 Å². The van der Waals surface area contributed by atoms with Crippen LogP contribution in [0.3, 0.4) is 0 Å². The summed E-state index contributed by atoms with van der Waals surface area (Å²) in [5.41, 5.74) is 1.19. The van der Waals surface area contributed by atoms with Gasteiger partial charge in [-0.3, -0.25) is 0 Å². The van der Waals surface area contributed by atoms with Crippen molar-refractivity contribution in [3.63, 3.8) is 0 Å². The SMILES string of the molecule is O=C(O)c1cc2c(C(CO)NC3CC3)ccc(O)c2[nH]1. The van der Waals surface area contributed by atoms with E-state index in [2.05, 4.69) is 10.3 Å². The molecule has 0 amide bonds. The van der Waals surface area contributed by atoms with E-state index < -0.39 is 5.97 Å². The van der Waals surface area contributed by atoms with Crippen LogP contribution in [0.1, 0.15) is 34.9 Å². The number of phenolic OH excluding ortho intramolecular Hbond substituents is 1. The summed E-state index contributed by atoms with van der Waals surface area (Å²) in [6.07, 6.45) is 2.18. The molecular weight excluding hydrogens is 260 g/mol. The first kappa shape index (κ1) is 13.0. The third-order valence-corrected chi connectivity index (χ3v) is 3.61. The molecule has 1 aromatic heterocycles. The third kappa shape index (κ3) is 2.23. The summed E-state index contributed by atoms with van der Waals surface area (Å²) in [7, 11) is 0. The number of carbonyl (C=O) groups is 1. The van der Waals surface area contributed by atoms with Crippen molar-refractivity contribution in [2.45, 2.75) is 24.9 Å². The smallest absolute Gasteiger partial charge is 0.352 e. The Bertz CT molecular complexity index is 660. The third-order valence-electron chi connectivity index (χ3n) is 3.61. The van der Waals surface area contributed by atoms with Crippen LogP contribution in [0, 0.1) is 0 Å². The van der Waals surface area contributed by atoms with Crippen molar-refractivity contribution in [3.05, 3.63) is 29.5 Å². The Morgan fingerprint density at radius 1 is 1.45 bits per heavy atom. The molecule has 0 radical (unpaired) electrons. The van der Waals surface area contributed by atoms with Gasteiger partial charge in [-0.15, -0.1) is 0 Å². The second kappa shape index (κ2) is 4.81. The molecule has 1 saturated carbocycles. The predicted octanol–water partition coefficient (Wildman–Crippen LogP) is 1.36. The van der Waals surface area contributed by atoms with Crippen molar-refractivity contribution in [3.8, 4) is 5.75 Å². The van der Waals surface area contributed by atoms with Gasteiger partial charge in [-0.05, 0) is 30.5 Å². The highest BCUT2D eigenvalue weighted by Gasteiger charge is 2.26. The van der Waals surface area contributed by atoms with Crippen LogP contribution in [0.15, 0.2) is 18.2 Å². The topological polar surface area (TPSA) is 106 Å². The molecule has 6 nitrogen and oxygen atoms in total. The number of hydrogen-bond acceptors (Lipinski definition) is 4. The maximum absolute atomic E-state index is 11.0. The van der Waals surface area contributed by atoms with Gasteiger partial charge in [0, 0.05) is 11.4 Å². The minimum Gasteiger partial charge on any atom is -0.506 e. The van der Waals surface area contributed by atoms with Crippen molar-refractivity contribution >= 4 is 16.9 Å². The highest BCUT2D eigenvalue weighted by Crippen LogP contribution is 2.33. The molecule has 0 saturated heterocycles. The van der Waals surface area contributed by atoms with E-state index >= 15 is 0 Å². The lowest BCUT2D eigenvalue weighted by atomic mass is 10.0. The lowest BCUT2D eigenvalue weighted by Gasteiger charge is -2.17.